The Labute approximate surface area is 93.0 Å². The number of ether oxygens (including phenoxy) is 1. The Morgan fingerprint density at radius 2 is 2.60 bits per heavy atom. The van der Waals surface area contributed by atoms with E-state index in [0.717, 1.165) is 23.9 Å². The van der Waals surface area contributed by atoms with Gasteiger partial charge in [0.05, 0.1) is 12.6 Å². The molecule has 0 aliphatic carbocycles. The monoisotopic (exact) mass is 229 g/mol. The Morgan fingerprint density at radius 1 is 1.67 bits per heavy atom. The van der Waals surface area contributed by atoms with Crippen LogP contribution in [0.4, 0.5) is 0 Å². The molecule has 15 heavy (non-hydrogen) atoms. The van der Waals surface area contributed by atoms with Crippen molar-refractivity contribution in [2.75, 3.05) is 31.8 Å². The molecule has 0 spiro atoms. The molecule has 6 heteroatoms. The van der Waals surface area contributed by atoms with Crippen LogP contribution in [0.2, 0.25) is 0 Å². The Hall–Kier alpha value is -0.590. The summed E-state index contributed by atoms with van der Waals surface area (Å²) in [5.74, 6) is 3.59. The van der Waals surface area contributed by atoms with Gasteiger partial charge in [0.15, 0.2) is 5.82 Å². The fraction of sp³-hybridized carbons (Fsp3) is 0.778. The van der Waals surface area contributed by atoms with Crippen LogP contribution in [0.1, 0.15) is 17.8 Å². The minimum absolute atomic E-state index is 0.215. The normalized spacial score (nSPS) is 21.8. The molecule has 0 amide bonds. The largest absolute Gasteiger partial charge is 0.384 e. The average molecular weight is 229 g/mol. The SMILES string of the molecule is COCCc1noc(C2CSCCN2)n1. The van der Waals surface area contributed by atoms with E-state index >= 15 is 0 Å². The minimum Gasteiger partial charge on any atom is -0.384 e. The molecule has 1 atom stereocenters. The number of methoxy groups -OCH3 is 1. The summed E-state index contributed by atoms with van der Waals surface area (Å²) in [6.07, 6.45) is 0.708. The van der Waals surface area contributed by atoms with E-state index in [-0.39, 0.29) is 6.04 Å². The highest BCUT2D eigenvalue weighted by atomic mass is 32.2. The molecule has 2 rings (SSSR count). The predicted molar refractivity (Wildman–Crippen MR) is 57.9 cm³/mol. The zero-order chi connectivity index (χ0) is 10.5. The summed E-state index contributed by atoms with van der Waals surface area (Å²) >= 11 is 1.91. The topological polar surface area (TPSA) is 60.2 Å². The first-order valence-electron chi connectivity index (χ1n) is 5.02. The van der Waals surface area contributed by atoms with Gasteiger partial charge in [0, 0.05) is 31.6 Å². The lowest BCUT2D eigenvalue weighted by Crippen LogP contribution is -2.30. The van der Waals surface area contributed by atoms with Crippen molar-refractivity contribution in [3.05, 3.63) is 11.7 Å². The van der Waals surface area contributed by atoms with Crippen molar-refractivity contribution in [1.29, 1.82) is 0 Å². The summed E-state index contributed by atoms with van der Waals surface area (Å²) in [6.45, 7) is 1.64. The molecule has 1 aromatic rings. The Bertz CT molecular complexity index is 299. The van der Waals surface area contributed by atoms with Gasteiger partial charge in [0.25, 0.3) is 0 Å². The van der Waals surface area contributed by atoms with Crippen molar-refractivity contribution in [2.45, 2.75) is 12.5 Å². The number of hydrogen-bond acceptors (Lipinski definition) is 6. The quantitative estimate of drug-likeness (QED) is 0.817. The third-order valence-corrected chi connectivity index (χ3v) is 3.30. The maximum Gasteiger partial charge on any atom is 0.244 e. The molecular weight excluding hydrogens is 214 g/mol. The predicted octanol–water partition coefficient (Wildman–Crippen LogP) is 0.636. The highest BCUT2D eigenvalue weighted by Crippen LogP contribution is 2.20. The van der Waals surface area contributed by atoms with Gasteiger partial charge in [-0.15, -0.1) is 0 Å². The standard InChI is InChI=1S/C9H15N3O2S/c1-13-4-2-8-11-9(14-12-8)7-6-15-5-3-10-7/h7,10H,2-6H2,1H3. The van der Waals surface area contributed by atoms with Crippen molar-refractivity contribution in [1.82, 2.24) is 15.5 Å². The van der Waals surface area contributed by atoms with Crippen LogP contribution in [0.5, 0.6) is 0 Å². The van der Waals surface area contributed by atoms with Crippen LogP contribution in [-0.4, -0.2) is 41.9 Å². The molecule has 84 valence electrons. The zero-order valence-electron chi connectivity index (χ0n) is 8.73. The highest BCUT2D eigenvalue weighted by molar-refractivity contribution is 7.99. The number of rotatable bonds is 4. The molecule has 1 saturated heterocycles. The Balaban J connectivity index is 1.93. The number of thioether (sulfide) groups is 1. The van der Waals surface area contributed by atoms with E-state index in [0.29, 0.717) is 18.9 Å². The highest BCUT2D eigenvalue weighted by Gasteiger charge is 2.20. The first-order valence-corrected chi connectivity index (χ1v) is 6.18. The lowest BCUT2D eigenvalue weighted by Gasteiger charge is -2.19. The van der Waals surface area contributed by atoms with E-state index in [1.54, 1.807) is 7.11 Å². The van der Waals surface area contributed by atoms with Crippen molar-refractivity contribution in [3.8, 4) is 0 Å². The Morgan fingerprint density at radius 3 is 3.33 bits per heavy atom. The number of aromatic nitrogens is 2. The zero-order valence-corrected chi connectivity index (χ0v) is 9.55. The first kappa shape index (κ1) is 10.9. The lowest BCUT2D eigenvalue weighted by atomic mass is 10.3. The number of nitrogens with zero attached hydrogens (tertiary/aromatic N) is 2. The number of hydrogen-bond donors (Lipinski definition) is 1. The number of nitrogens with one attached hydrogen (secondary N) is 1. The van der Waals surface area contributed by atoms with Gasteiger partial charge in [-0.25, -0.2) is 0 Å². The summed E-state index contributed by atoms with van der Waals surface area (Å²) in [7, 11) is 1.67. The van der Waals surface area contributed by atoms with Crippen LogP contribution in [0.15, 0.2) is 4.52 Å². The van der Waals surface area contributed by atoms with E-state index in [9.17, 15) is 0 Å². The van der Waals surface area contributed by atoms with Crippen LogP contribution in [0, 0.1) is 0 Å². The second-order valence-electron chi connectivity index (χ2n) is 3.37. The minimum atomic E-state index is 0.215. The molecule has 2 heterocycles. The maximum absolute atomic E-state index is 5.21. The van der Waals surface area contributed by atoms with Gasteiger partial charge < -0.3 is 14.6 Å². The molecule has 0 aromatic carbocycles. The molecule has 5 nitrogen and oxygen atoms in total. The van der Waals surface area contributed by atoms with Crippen LogP contribution in [-0.2, 0) is 11.2 Å². The fourth-order valence-corrected chi connectivity index (χ4v) is 2.35. The van der Waals surface area contributed by atoms with Crippen LogP contribution in [0.3, 0.4) is 0 Å². The molecule has 1 aliphatic rings. The molecule has 1 aliphatic heterocycles. The molecule has 0 radical (unpaired) electrons. The summed E-state index contributed by atoms with van der Waals surface area (Å²) in [5, 5.41) is 7.27. The van der Waals surface area contributed by atoms with Gasteiger partial charge in [-0.2, -0.15) is 16.7 Å². The van der Waals surface area contributed by atoms with Gasteiger partial charge in [0.1, 0.15) is 0 Å². The Kier molecular flexibility index (Phi) is 3.99. The van der Waals surface area contributed by atoms with E-state index in [1.807, 2.05) is 11.8 Å². The van der Waals surface area contributed by atoms with E-state index in [2.05, 4.69) is 15.5 Å². The molecule has 0 bridgehead atoms. The van der Waals surface area contributed by atoms with Gasteiger partial charge in [0.2, 0.25) is 5.89 Å². The summed E-state index contributed by atoms with van der Waals surface area (Å²) in [5.41, 5.74) is 0. The molecule has 1 unspecified atom stereocenters. The van der Waals surface area contributed by atoms with Crippen LogP contribution < -0.4 is 5.32 Å². The first-order chi connectivity index (χ1) is 7.40. The summed E-state index contributed by atoms with van der Waals surface area (Å²) in [4.78, 5) is 4.34. The lowest BCUT2D eigenvalue weighted by molar-refractivity contribution is 0.199. The van der Waals surface area contributed by atoms with E-state index < -0.39 is 0 Å². The van der Waals surface area contributed by atoms with E-state index in [1.165, 1.54) is 0 Å². The van der Waals surface area contributed by atoms with Crippen LogP contribution in [0.25, 0.3) is 0 Å². The summed E-state index contributed by atoms with van der Waals surface area (Å²) < 4.78 is 10.2. The van der Waals surface area contributed by atoms with Gasteiger partial charge in [-0.05, 0) is 0 Å². The third-order valence-electron chi connectivity index (χ3n) is 2.23. The van der Waals surface area contributed by atoms with Crippen LogP contribution >= 0.6 is 11.8 Å². The van der Waals surface area contributed by atoms with Gasteiger partial charge >= 0.3 is 0 Å². The van der Waals surface area contributed by atoms with Gasteiger partial charge in [-0.1, -0.05) is 5.16 Å². The fourth-order valence-electron chi connectivity index (χ4n) is 1.43. The average Bonchev–Trinajstić information content (AvgIpc) is 2.76. The second-order valence-corrected chi connectivity index (χ2v) is 4.52. The van der Waals surface area contributed by atoms with E-state index in [4.69, 9.17) is 9.26 Å². The van der Waals surface area contributed by atoms with Gasteiger partial charge in [-0.3, -0.25) is 0 Å². The third kappa shape index (κ3) is 2.93. The molecule has 1 aromatic heterocycles. The van der Waals surface area contributed by atoms with Crippen molar-refractivity contribution in [2.24, 2.45) is 0 Å². The van der Waals surface area contributed by atoms with Crippen molar-refractivity contribution >= 4 is 11.8 Å². The summed E-state index contributed by atoms with van der Waals surface area (Å²) in [6, 6.07) is 0.215. The maximum atomic E-state index is 5.21. The molecule has 0 saturated carbocycles. The molecule has 1 N–H and O–H groups in total. The van der Waals surface area contributed by atoms with Crippen molar-refractivity contribution in [3.63, 3.8) is 0 Å². The molecular formula is C9H15N3O2S. The second kappa shape index (κ2) is 5.48. The smallest absolute Gasteiger partial charge is 0.244 e. The molecule has 1 fully saturated rings. The van der Waals surface area contributed by atoms with Crippen molar-refractivity contribution < 1.29 is 9.26 Å².